The molecule has 3 aromatic rings. The van der Waals surface area contributed by atoms with Crippen LogP contribution in [-0.4, -0.2) is 98.6 Å². The fourth-order valence-electron chi connectivity index (χ4n) is 4.46. The number of fused-ring (bicyclic) bond motifs is 2. The Morgan fingerprint density at radius 2 is 1.98 bits per heavy atom. The molecule has 0 bridgehead atoms. The largest absolute Gasteiger partial charge is 0.504 e. The third kappa shape index (κ3) is 5.02. The van der Waals surface area contributed by atoms with Crippen LogP contribution in [-0.2, 0) is 30.6 Å². The van der Waals surface area contributed by atoms with Gasteiger partial charge in [0.2, 0.25) is 11.5 Å². The minimum absolute atomic E-state index is 0.0212. The van der Waals surface area contributed by atoms with Gasteiger partial charge in [-0.05, 0) is 13.8 Å². The van der Waals surface area contributed by atoms with Gasteiger partial charge in [-0.1, -0.05) is 5.16 Å². The standard InChI is InChI=1S/C24H25N7O9S2/c1-23(2,20(36)37)40-29-15(11-5-41-22(25)27-11)17(34)28-16-18(35)31-7-24(21(38)39,8-42-19(16)31)6-30-9-26-10-3-13(32)14(33)4-12(10)30/h3-5,9,16,19,32-33H,6-8H2,1-2H3,(H2,25,27)(H,28,34)(H,36,37)(H,38,39)/t16?,19-,24?/m1/s1. The van der Waals surface area contributed by atoms with Crippen molar-refractivity contribution in [1.29, 1.82) is 0 Å². The molecule has 4 heterocycles. The van der Waals surface area contributed by atoms with Crippen molar-refractivity contribution in [2.45, 2.75) is 37.4 Å². The van der Waals surface area contributed by atoms with Gasteiger partial charge in [-0.25, -0.2) is 14.8 Å². The lowest BCUT2D eigenvalue weighted by molar-refractivity contribution is -0.161. The molecule has 18 heteroatoms. The van der Waals surface area contributed by atoms with E-state index >= 15 is 0 Å². The van der Waals surface area contributed by atoms with Crippen LogP contribution in [0.5, 0.6) is 11.5 Å². The molecule has 2 aromatic heterocycles. The maximum absolute atomic E-state index is 13.2. The fourth-order valence-corrected chi connectivity index (χ4v) is 6.54. The summed E-state index contributed by atoms with van der Waals surface area (Å²) in [4.78, 5) is 64.9. The van der Waals surface area contributed by atoms with Gasteiger partial charge in [-0.3, -0.25) is 14.4 Å². The van der Waals surface area contributed by atoms with Crippen molar-refractivity contribution in [3.63, 3.8) is 0 Å². The quantitative estimate of drug-likeness (QED) is 0.0815. The molecule has 5 rings (SSSR count). The summed E-state index contributed by atoms with van der Waals surface area (Å²) in [5.74, 6) is -4.52. The number of benzene rings is 1. The van der Waals surface area contributed by atoms with E-state index in [0.29, 0.717) is 11.0 Å². The fraction of sp³-hybridized carbons (Fsp3) is 0.375. The molecule has 2 fully saturated rings. The van der Waals surface area contributed by atoms with Gasteiger partial charge >= 0.3 is 11.9 Å². The number of imidazole rings is 1. The zero-order valence-corrected chi connectivity index (χ0v) is 23.7. The van der Waals surface area contributed by atoms with E-state index in [9.17, 15) is 39.6 Å². The molecule has 0 spiro atoms. The first kappa shape index (κ1) is 28.9. The van der Waals surface area contributed by atoms with Crippen LogP contribution in [0.25, 0.3) is 11.0 Å². The predicted molar refractivity (Wildman–Crippen MR) is 149 cm³/mol. The van der Waals surface area contributed by atoms with Gasteiger partial charge in [0.25, 0.3) is 5.91 Å². The smallest absolute Gasteiger partial charge is 0.350 e. The Morgan fingerprint density at radius 3 is 2.62 bits per heavy atom. The summed E-state index contributed by atoms with van der Waals surface area (Å²) >= 11 is 2.19. The number of nitrogens with two attached hydrogens (primary N) is 1. The molecule has 7 N–H and O–H groups in total. The first-order valence-electron chi connectivity index (χ1n) is 12.3. The summed E-state index contributed by atoms with van der Waals surface area (Å²) in [5, 5.41) is 46.5. The summed E-state index contributed by atoms with van der Waals surface area (Å²) in [6.07, 6.45) is 1.39. The molecule has 0 radical (unpaired) electrons. The number of rotatable bonds is 9. The topological polar surface area (TPSA) is 243 Å². The van der Waals surface area contributed by atoms with E-state index in [1.807, 2.05) is 0 Å². The number of thioether (sulfide) groups is 1. The third-order valence-electron chi connectivity index (χ3n) is 6.94. The molecular formula is C24H25N7O9S2. The Morgan fingerprint density at radius 1 is 1.26 bits per heavy atom. The molecule has 16 nitrogen and oxygen atoms in total. The van der Waals surface area contributed by atoms with E-state index in [1.54, 1.807) is 0 Å². The number of nitrogen functional groups attached to an aromatic ring is 1. The van der Waals surface area contributed by atoms with Crippen molar-refractivity contribution >= 4 is 68.7 Å². The molecule has 222 valence electrons. The van der Waals surface area contributed by atoms with Crippen LogP contribution >= 0.6 is 23.1 Å². The average Bonchev–Trinajstić information content (AvgIpc) is 3.52. The SMILES string of the molecule is CC(C)(ON=C(C(=O)NC1C(=O)N2CC(Cn3cnc4cc(O)c(O)cc43)(C(=O)O)CS[C@H]12)c1csc(N)n1)C(=O)O. The predicted octanol–water partition coefficient (Wildman–Crippen LogP) is 0.241. The van der Waals surface area contributed by atoms with E-state index in [-0.39, 0.29) is 46.9 Å². The second-order valence-electron chi connectivity index (χ2n) is 10.3. The van der Waals surface area contributed by atoms with Crippen LogP contribution in [0.3, 0.4) is 0 Å². The van der Waals surface area contributed by atoms with Gasteiger partial charge < -0.3 is 45.8 Å². The summed E-state index contributed by atoms with van der Waals surface area (Å²) in [6, 6.07) is 1.53. The molecule has 0 aliphatic carbocycles. The van der Waals surface area contributed by atoms with Gasteiger partial charge in [0.05, 0.1) is 17.4 Å². The van der Waals surface area contributed by atoms with Gasteiger partial charge in [0.15, 0.2) is 22.3 Å². The van der Waals surface area contributed by atoms with Crippen LogP contribution in [0, 0.1) is 5.41 Å². The Hall–Kier alpha value is -4.58. The van der Waals surface area contributed by atoms with Crippen molar-refractivity contribution in [3.8, 4) is 11.5 Å². The van der Waals surface area contributed by atoms with Crippen molar-refractivity contribution in [2.24, 2.45) is 10.6 Å². The maximum atomic E-state index is 13.2. The van der Waals surface area contributed by atoms with Crippen LogP contribution in [0.2, 0.25) is 0 Å². The maximum Gasteiger partial charge on any atom is 0.350 e. The monoisotopic (exact) mass is 619 g/mol. The lowest BCUT2D eigenvalue weighted by Gasteiger charge is -2.53. The van der Waals surface area contributed by atoms with Crippen LogP contribution in [0.15, 0.2) is 29.0 Å². The number of thiazole rings is 1. The Kier molecular flexibility index (Phi) is 7.13. The number of aromatic nitrogens is 3. The van der Waals surface area contributed by atoms with Gasteiger partial charge in [-0.2, -0.15) is 0 Å². The summed E-state index contributed by atoms with van der Waals surface area (Å²) in [7, 11) is 0. The van der Waals surface area contributed by atoms with E-state index < -0.39 is 46.2 Å². The van der Waals surface area contributed by atoms with E-state index in [4.69, 9.17) is 10.6 Å². The van der Waals surface area contributed by atoms with Gasteiger partial charge in [-0.15, -0.1) is 23.1 Å². The zero-order valence-electron chi connectivity index (χ0n) is 22.0. The molecular weight excluding hydrogens is 594 g/mol. The van der Waals surface area contributed by atoms with Crippen molar-refractivity contribution < 1.29 is 44.4 Å². The number of anilines is 1. The summed E-state index contributed by atoms with van der Waals surface area (Å²) in [6.45, 7) is 2.24. The van der Waals surface area contributed by atoms with Gasteiger partial charge in [0, 0.05) is 36.4 Å². The highest BCUT2D eigenvalue weighted by Gasteiger charge is 2.58. The van der Waals surface area contributed by atoms with Crippen molar-refractivity contribution in [3.05, 3.63) is 29.5 Å². The normalized spacial score (nSPS) is 22.4. The lowest BCUT2D eigenvalue weighted by Crippen LogP contribution is -2.74. The Balaban J connectivity index is 1.33. The molecule has 0 saturated carbocycles. The first-order valence-corrected chi connectivity index (χ1v) is 14.2. The first-order chi connectivity index (χ1) is 19.7. The molecule has 2 amide bonds. The van der Waals surface area contributed by atoms with Crippen LogP contribution < -0.4 is 11.1 Å². The van der Waals surface area contributed by atoms with Crippen molar-refractivity contribution in [1.82, 2.24) is 24.8 Å². The highest BCUT2D eigenvalue weighted by molar-refractivity contribution is 8.00. The second kappa shape index (κ2) is 10.4. The zero-order chi connectivity index (χ0) is 30.6. The number of hydrogen-bond acceptors (Lipinski definition) is 13. The van der Waals surface area contributed by atoms with E-state index in [1.165, 1.54) is 58.9 Å². The molecule has 2 saturated heterocycles. The van der Waals surface area contributed by atoms with E-state index in [2.05, 4.69) is 20.4 Å². The summed E-state index contributed by atoms with van der Waals surface area (Å²) in [5.41, 5.74) is 2.88. The third-order valence-corrected chi connectivity index (χ3v) is 9.20. The molecule has 3 atom stereocenters. The number of phenols is 2. The number of aliphatic carboxylic acids is 2. The number of carboxylic acids is 2. The molecule has 1 aromatic carbocycles. The number of aromatic hydroxyl groups is 2. The average molecular weight is 620 g/mol. The molecule has 2 aliphatic heterocycles. The number of oxime groups is 1. The van der Waals surface area contributed by atoms with Crippen LogP contribution in [0.1, 0.15) is 19.5 Å². The van der Waals surface area contributed by atoms with Crippen molar-refractivity contribution in [2.75, 3.05) is 18.0 Å². The molecule has 42 heavy (non-hydrogen) atoms. The summed E-state index contributed by atoms with van der Waals surface area (Å²) < 4.78 is 1.54. The number of carbonyl (C=O) groups is 4. The van der Waals surface area contributed by atoms with Crippen LogP contribution in [0.4, 0.5) is 5.13 Å². The highest BCUT2D eigenvalue weighted by Crippen LogP contribution is 2.43. The number of amides is 2. The number of phenolic OH excluding ortho intramolecular Hbond substituents is 2. The Bertz CT molecular complexity index is 1650. The number of nitrogens with one attached hydrogen (secondary N) is 1. The van der Waals surface area contributed by atoms with Gasteiger partial charge in [0.1, 0.15) is 22.5 Å². The highest BCUT2D eigenvalue weighted by atomic mass is 32.2. The minimum atomic E-state index is -1.77. The number of β-lactam (4-membered cyclic amide) rings is 1. The number of carbonyl (C=O) groups excluding carboxylic acids is 2. The number of hydrogen-bond donors (Lipinski definition) is 6. The van der Waals surface area contributed by atoms with E-state index in [0.717, 1.165) is 11.3 Å². The molecule has 2 unspecified atom stereocenters. The lowest BCUT2D eigenvalue weighted by atomic mass is 9.86. The molecule has 2 aliphatic rings. The number of carboxylic acid groups (broad SMARTS) is 2. The minimum Gasteiger partial charge on any atom is -0.504 e. The second-order valence-corrected chi connectivity index (χ2v) is 12.3. The number of nitrogens with zero attached hydrogens (tertiary/aromatic N) is 5. The Labute approximate surface area is 244 Å².